The van der Waals surface area contributed by atoms with Gasteiger partial charge in [0.05, 0.1) is 11.6 Å². The minimum absolute atomic E-state index is 0.0223. The van der Waals surface area contributed by atoms with Crippen LogP contribution in [-0.2, 0) is 0 Å². The largest absolute Gasteiger partial charge is 0.507 e. The number of aryl methyl sites for hydroxylation is 2. The molecule has 1 heterocycles. The maximum absolute atomic E-state index is 12.1. The molecule has 0 saturated heterocycles. The van der Waals surface area contributed by atoms with Crippen LogP contribution in [0.4, 0.5) is 0 Å². The summed E-state index contributed by atoms with van der Waals surface area (Å²) in [4.78, 5) is 12.1. The van der Waals surface area contributed by atoms with E-state index in [0.29, 0.717) is 5.76 Å². The lowest BCUT2D eigenvalue weighted by Gasteiger charge is -2.12. The first-order valence-electron chi connectivity index (χ1n) is 6.14. The predicted octanol–water partition coefficient (Wildman–Crippen LogP) is 3.09. The Kier molecular flexibility index (Phi) is 3.60. The minimum atomic E-state index is -0.317. The van der Waals surface area contributed by atoms with Gasteiger partial charge in [0.25, 0.3) is 5.91 Å². The molecular formula is C15H17NO3. The summed E-state index contributed by atoms with van der Waals surface area (Å²) in [6.07, 6.45) is 0. The number of benzene rings is 1. The van der Waals surface area contributed by atoms with E-state index in [9.17, 15) is 9.90 Å². The Labute approximate surface area is 112 Å². The van der Waals surface area contributed by atoms with Crippen LogP contribution < -0.4 is 5.32 Å². The third-order valence-corrected chi connectivity index (χ3v) is 2.93. The predicted molar refractivity (Wildman–Crippen MR) is 72.2 cm³/mol. The maximum atomic E-state index is 12.1. The van der Waals surface area contributed by atoms with Crippen molar-refractivity contribution in [2.75, 3.05) is 0 Å². The second kappa shape index (κ2) is 5.18. The van der Waals surface area contributed by atoms with Crippen LogP contribution in [0, 0.1) is 13.8 Å². The molecule has 0 saturated carbocycles. The van der Waals surface area contributed by atoms with Crippen molar-refractivity contribution >= 4 is 5.91 Å². The Morgan fingerprint density at radius 3 is 2.63 bits per heavy atom. The Balaban J connectivity index is 2.15. The molecule has 100 valence electrons. The van der Waals surface area contributed by atoms with Crippen molar-refractivity contribution in [3.05, 3.63) is 53.0 Å². The van der Waals surface area contributed by atoms with Gasteiger partial charge in [0.1, 0.15) is 17.3 Å². The number of phenols is 1. The van der Waals surface area contributed by atoms with Crippen LogP contribution in [0.3, 0.4) is 0 Å². The van der Waals surface area contributed by atoms with E-state index in [1.54, 1.807) is 12.1 Å². The third-order valence-electron chi connectivity index (χ3n) is 2.93. The number of hydrogen-bond acceptors (Lipinski definition) is 3. The smallest absolute Gasteiger partial charge is 0.255 e. The number of amides is 1. The second-order valence-corrected chi connectivity index (χ2v) is 4.66. The molecular weight excluding hydrogens is 242 g/mol. The highest BCUT2D eigenvalue weighted by molar-refractivity contribution is 5.97. The molecule has 2 N–H and O–H groups in total. The summed E-state index contributed by atoms with van der Waals surface area (Å²) >= 11 is 0. The summed E-state index contributed by atoms with van der Waals surface area (Å²) in [6, 6.07) is 8.36. The van der Waals surface area contributed by atoms with Crippen LogP contribution in [0.2, 0.25) is 0 Å². The zero-order valence-corrected chi connectivity index (χ0v) is 11.2. The normalized spacial score (nSPS) is 12.2. The van der Waals surface area contributed by atoms with E-state index in [2.05, 4.69) is 5.32 Å². The zero-order chi connectivity index (χ0) is 14.0. The lowest BCUT2D eigenvalue weighted by atomic mass is 10.1. The molecule has 2 aromatic rings. The van der Waals surface area contributed by atoms with Crippen LogP contribution in [0.15, 0.2) is 34.7 Å². The number of carbonyl (C=O) groups is 1. The van der Waals surface area contributed by atoms with Gasteiger partial charge < -0.3 is 14.8 Å². The average Bonchev–Trinajstić information content (AvgIpc) is 2.79. The van der Waals surface area contributed by atoms with Gasteiger partial charge >= 0.3 is 0 Å². The van der Waals surface area contributed by atoms with Crippen molar-refractivity contribution in [3.8, 4) is 5.75 Å². The van der Waals surface area contributed by atoms with E-state index < -0.39 is 0 Å². The number of hydrogen-bond donors (Lipinski definition) is 2. The fourth-order valence-electron chi connectivity index (χ4n) is 1.86. The number of phenolic OH excluding ortho intramolecular Hbond substituents is 1. The molecule has 0 aliphatic rings. The first kappa shape index (κ1) is 13.2. The quantitative estimate of drug-likeness (QED) is 0.890. The monoisotopic (exact) mass is 259 g/mol. The van der Waals surface area contributed by atoms with Crippen molar-refractivity contribution < 1.29 is 14.3 Å². The van der Waals surface area contributed by atoms with Gasteiger partial charge in [0.15, 0.2) is 0 Å². The molecule has 4 nitrogen and oxygen atoms in total. The molecule has 1 amide bonds. The molecule has 1 aromatic carbocycles. The number of aromatic hydroxyl groups is 1. The SMILES string of the molecule is Cc1ccc(O)c(C(=O)NC(C)c2ccc(C)o2)c1. The Morgan fingerprint density at radius 1 is 1.26 bits per heavy atom. The van der Waals surface area contributed by atoms with Gasteiger partial charge in [-0.15, -0.1) is 0 Å². The molecule has 0 spiro atoms. The van der Waals surface area contributed by atoms with E-state index >= 15 is 0 Å². The van der Waals surface area contributed by atoms with Crippen LogP contribution in [0.25, 0.3) is 0 Å². The highest BCUT2D eigenvalue weighted by Crippen LogP contribution is 2.20. The molecule has 0 fully saturated rings. The van der Waals surface area contributed by atoms with Gasteiger partial charge in [0, 0.05) is 0 Å². The Morgan fingerprint density at radius 2 is 2.00 bits per heavy atom. The topological polar surface area (TPSA) is 62.5 Å². The highest BCUT2D eigenvalue weighted by atomic mass is 16.3. The lowest BCUT2D eigenvalue weighted by Crippen LogP contribution is -2.26. The van der Waals surface area contributed by atoms with Gasteiger partial charge in [-0.05, 0) is 45.0 Å². The summed E-state index contributed by atoms with van der Waals surface area (Å²) < 4.78 is 5.46. The van der Waals surface area contributed by atoms with Crippen molar-refractivity contribution in [2.45, 2.75) is 26.8 Å². The van der Waals surface area contributed by atoms with Gasteiger partial charge in [0.2, 0.25) is 0 Å². The van der Waals surface area contributed by atoms with E-state index in [1.165, 1.54) is 6.07 Å². The fourth-order valence-corrected chi connectivity index (χ4v) is 1.86. The van der Waals surface area contributed by atoms with E-state index in [0.717, 1.165) is 11.3 Å². The van der Waals surface area contributed by atoms with E-state index in [-0.39, 0.29) is 23.3 Å². The van der Waals surface area contributed by atoms with Gasteiger partial charge in [-0.2, -0.15) is 0 Å². The van der Waals surface area contributed by atoms with Crippen LogP contribution in [0.1, 0.15) is 40.4 Å². The highest BCUT2D eigenvalue weighted by Gasteiger charge is 2.16. The van der Waals surface area contributed by atoms with Crippen LogP contribution in [0.5, 0.6) is 5.75 Å². The third kappa shape index (κ3) is 2.96. The summed E-state index contributed by atoms with van der Waals surface area (Å²) in [5, 5.41) is 12.5. The fraction of sp³-hybridized carbons (Fsp3) is 0.267. The molecule has 1 unspecified atom stereocenters. The summed E-state index contributed by atoms with van der Waals surface area (Å²) in [7, 11) is 0. The zero-order valence-electron chi connectivity index (χ0n) is 11.2. The molecule has 2 rings (SSSR count). The van der Waals surface area contributed by atoms with E-state index in [1.807, 2.05) is 32.9 Å². The standard InChI is InChI=1S/C15H17NO3/c1-9-4-6-13(17)12(8-9)15(18)16-11(3)14-7-5-10(2)19-14/h4-8,11,17H,1-3H3,(H,16,18). The molecule has 0 aliphatic carbocycles. The number of furan rings is 1. The van der Waals surface area contributed by atoms with Crippen molar-refractivity contribution in [1.82, 2.24) is 5.32 Å². The Hall–Kier alpha value is -2.23. The van der Waals surface area contributed by atoms with Crippen LogP contribution >= 0.6 is 0 Å². The summed E-state index contributed by atoms with van der Waals surface area (Å²) in [5.41, 5.74) is 1.19. The van der Waals surface area contributed by atoms with Gasteiger partial charge in [-0.3, -0.25) is 4.79 Å². The first-order chi connectivity index (χ1) is 8.97. The molecule has 19 heavy (non-hydrogen) atoms. The van der Waals surface area contributed by atoms with Crippen molar-refractivity contribution in [2.24, 2.45) is 0 Å². The molecule has 0 radical (unpaired) electrons. The van der Waals surface area contributed by atoms with Crippen LogP contribution in [-0.4, -0.2) is 11.0 Å². The molecule has 4 heteroatoms. The first-order valence-corrected chi connectivity index (χ1v) is 6.14. The molecule has 0 aliphatic heterocycles. The molecule has 1 aromatic heterocycles. The summed E-state index contributed by atoms with van der Waals surface area (Å²) in [6.45, 7) is 5.56. The van der Waals surface area contributed by atoms with Gasteiger partial charge in [-0.25, -0.2) is 0 Å². The van der Waals surface area contributed by atoms with Crippen molar-refractivity contribution in [3.63, 3.8) is 0 Å². The number of nitrogens with one attached hydrogen (secondary N) is 1. The lowest BCUT2D eigenvalue weighted by molar-refractivity contribution is 0.0932. The molecule has 0 bridgehead atoms. The maximum Gasteiger partial charge on any atom is 0.255 e. The van der Waals surface area contributed by atoms with Crippen molar-refractivity contribution in [1.29, 1.82) is 0 Å². The number of rotatable bonds is 3. The van der Waals surface area contributed by atoms with Gasteiger partial charge in [-0.1, -0.05) is 11.6 Å². The average molecular weight is 259 g/mol. The van der Waals surface area contributed by atoms with E-state index in [4.69, 9.17) is 4.42 Å². The summed E-state index contributed by atoms with van der Waals surface area (Å²) in [5.74, 6) is 1.15. The minimum Gasteiger partial charge on any atom is -0.507 e. The molecule has 1 atom stereocenters. The number of carbonyl (C=O) groups excluding carboxylic acids is 1. The second-order valence-electron chi connectivity index (χ2n) is 4.66. The Bertz CT molecular complexity index is 601.